The van der Waals surface area contributed by atoms with E-state index in [9.17, 15) is 13.6 Å². The summed E-state index contributed by atoms with van der Waals surface area (Å²) < 4.78 is 31.1. The number of aromatic nitrogens is 7. The maximum atomic E-state index is 14.3. The van der Waals surface area contributed by atoms with E-state index in [0.717, 1.165) is 20.6 Å². The molecule has 5 aromatic heterocycles. The number of benzene rings is 1. The molecule has 1 atom stereocenters. The van der Waals surface area contributed by atoms with E-state index in [4.69, 9.17) is 15.8 Å². The monoisotopic (exact) mass is 545 g/mol. The smallest absolute Gasteiger partial charge is 0.266 e. The second-order valence-corrected chi connectivity index (χ2v) is 10.1. The highest BCUT2D eigenvalue weighted by Crippen LogP contribution is 2.38. The highest BCUT2D eigenvalue weighted by Gasteiger charge is 2.27. The summed E-state index contributed by atoms with van der Waals surface area (Å²) in [6.45, 7) is 1.80. The number of hydrogen-bond acceptors (Lipinski definition) is 9. The van der Waals surface area contributed by atoms with Crippen LogP contribution in [0.2, 0.25) is 0 Å². The predicted molar refractivity (Wildman–Crippen MR) is 146 cm³/mol. The summed E-state index contributed by atoms with van der Waals surface area (Å²) >= 11 is 1.43. The number of hydrogen-bond donors (Lipinski definition) is 1. The van der Waals surface area contributed by atoms with Crippen LogP contribution in [0.25, 0.3) is 38.4 Å². The van der Waals surface area contributed by atoms with Gasteiger partial charge in [0.2, 0.25) is 0 Å². The van der Waals surface area contributed by atoms with E-state index in [0.29, 0.717) is 28.0 Å². The molecule has 0 saturated carbocycles. The minimum atomic E-state index is -0.669. The first-order valence-corrected chi connectivity index (χ1v) is 12.6. The van der Waals surface area contributed by atoms with Gasteiger partial charge in [-0.3, -0.25) is 9.20 Å². The summed E-state index contributed by atoms with van der Waals surface area (Å²) in [7, 11) is 3.78. The quantitative estimate of drug-likeness (QED) is 0.343. The number of fused-ring (bicyclic) bond motifs is 2. The lowest BCUT2D eigenvalue weighted by atomic mass is 10.0. The Morgan fingerprint density at radius 3 is 2.64 bits per heavy atom. The summed E-state index contributed by atoms with van der Waals surface area (Å²) in [5, 5.41) is 6.16. The highest BCUT2D eigenvalue weighted by atomic mass is 32.1. The van der Waals surface area contributed by atoms with Crippen molar-refractivity contribution in [2.75, 3.05) is 24.7 Å². The first kappa shape index (κ1) is 24.6. The number of thiazole rings is 1. The molecule has 6 aromatic rings. The van der Waals surface area contributed by atoms with E-state index >= 15 is 0 Å². The van der Waals surface area contributed by atoms with Crippen molar-refractivity contribution in [3.63, 3.8) is 0 Å². The average molecular weight is 546 g/mol. The molecule has 2 N–H and O–H groups in total. The molecule has 0 unspecified atom stereocenters. The van der Waals surface area contributed by atoms with Gasteiger partial charge in [-0.1, -0.05) is 23.5 Å². The van der Waals surface area contributed by atoms with Crippen LogP contribution in [0.1, 0.15) is 18.7 Å². The summed E-state index contributed by atoms with van der Waals surface area (Å²) in [6, 6.07) is 7.60. The summed E-state index contributed by atoms with van der Waals surface area (Å²) in [5.74, 6) is -0.890. The van der Waals surface area contributed by atoms with Crippen molar-refractivity contribution < 1.29 is 8.78 Å². The minimum Gasteiger partial charge on any atom is -0.383 e. The fraction of sp³-hybridized carbons (Fsp3) is 0.154. The molecule has 39 heavy (non-hydrogen) atoms. The van der Waals surface area contributed by atoms with E-state index in [1.54, 1.807) is 23.9 Å². The van der Waals surface area contributed by atoms with Gasteiger partial charge in [0.1, 0.15) is 35.1 Å². The van der Waals surface area contributed by atoms with Gasteiger partial charge in [-0.25, -0.2) is 33.4 Å². The molecule has 1 aromatic carbocycles. The van der Waals surface area contributed by atoms with Crippen LogP contribution in [0.5, 0.6) is 0 Å². The van der Waals surface area contributed by atoms with Crippen LogP contribution in [0.4, 0.5) is 19.7 Å². The molecule has 0 saturated heterocycles. The van der Waals surface area contributed by atoms with Gasteiger partial charge in [0.05, 0.1) is 27.6 Å². The summed E-state index contributed by atoms with van der Waals surface area (Å²) in [5.41, 5.74) is 7.66. The maximum Gasteiger partial charge on any atom is 0.266 e. The molecule has 0 radical (unpaired) electrons. The van der Waals surface area contributed by atoms with Crippen molar-refractivity contribution in [1.29, 1.82) is 0 Å². The summed E-state index contributed by atoms with van der Waals surface area (Å²) in [4.78, 5) is 34.1. The third-order valence-electron chi connectivity index (χ3n) is 6.32. The molecule has 5 heterocycles. The molecule has 0 spiro atoms. The topological polar surface area (TPSA) is 120 Å². The highest BCUT2D eigenvalue weighted by molar-refractivity contribution is 7.19. The summed E-state index contributed by atoms with van der Waals surface area (Å²) in [6.07, 6.45) is 4.10. The standard InChI is InChI=1S/C26H21F2N9OS/c1-13(37-24-20(23(29)31-12-32-24)22(34-37)17-10-30-26(39-17)35(2)3)21-19(14-5-4-6-15(27)9-14)25(38)36-11-16(28)7-8-18(36)33-21/h4-13H,1-3H3,(H2,29,31,32)/t13-/m1/s1. The number of pyridine rings is 1. The molecule has 0 aliphatic rings. The van der Waals surface area contributed by atoms with Gasteiger partial charge in [0, 0.05) is 26.5 Å². The van der Waals surface area contributed by atoms with Crippen LogP contribution in [-0.4, -0.2) is 48.2 Å². The van der Waals surface area contributed by atoms with Crippen LogP contribution in [-0.2, 0) is 0 Å². The molecule has 6 rings (SSSR count). The van der Waals surface area contributed by atoms with E-state index < -0.39 is 23.2 Å². The SMILES string of the molecule is C[C@H](c1nc2ccc(F)cn2c(=O)c1-c1cccc(F)c1)n1nc(-c2cnc(N(C)C)s2)c2c(N)ncnc21. The Morgan fingerprint density at radius 2 is 1.90 bits per heavy atom. The van der Waals surface area contributed by atoms with Crippen LogP contribution in [0.15, 0.2) is 59.9 Å². The first-order valence-electron chi connectivity index (χ1n) is 11.8. The molecule has 0 amide bonds. The molecule has 0 bridgehead atoms. The van der Waals surface area contributed by atoms with Crippen LogP contribution in [0, 0.1) is 11.6 Å². The van der Waals surface area contributed by atoms with Gasteiger partial charge in [-0.2, -0.15) is 5.10 Å². The lowest BCUT2D eigenvalue weighted by Crippen LogP contribution is -2.23. The van der Waals surface area contributed by atoms with Crippen molar-refractivity contribution >= 4 is 39.0 Å². The molecule has 10 nitrogen and oxygen atoms in total. The van der Waals surface area contributed by atoms with E-state index in [-0.39, 0.29) is 17.0 Å². The normalized spacial score (nSPS) is 12.3. The molecule has 0 fully saturated rings. The molecule has 13 heteroatoms. The Bertz CT molecular complexity index is 1950. The van der Waals surface area contributed by atoms with Crippen molar-refractivity contribution in [1.82, 2.24) is 34.1 Å². The lowest BCUT2D eigenvalue weighted by molar-refractivity contribution is 0.566. The zero-order valence-electron chi connectivity index (χ0n) is 21.0. The molecule has 0 aliphatic heterocycles. The molecular formula is C26H21F2N9OS. The van der Waals surface area contributed by atoms with Crippen molar-refractivity contribution in [3.05, 3.63) is 82.8 Å². The second-order valence-electron chi connectivity index (χ2n) is 9.09. The largest absolute Gasteiger partial charge is 0.383 e. The van der Waals surface area contributed by atoms with Gasteiger partial charge in [0.25, 0.3) is 5.56 Å². The zero-order chi connectivity index (χ0) is 27.4. The second kappa shape index (κ2) is 9.20. The predicted octanol–water partition coefficient (Wildman–Crippen LogP) is 4.16. The van der Waals surface area contributed by atoms with Crippen LogP contribution in [0.3, 0.4) is 0 Å². The Balaban J connectivity index is 1.63. The maximum absolute atomic E-state index is 14.3. The third-order valence-corrected chi connectivity index (χ3v) is 7.49. The van der Waals surface area contributed by atoms with Crippen molar-refractivity contribution in [2.45, 2.75) is 13.0 Å². The van der Waals surface area contributed by atoms with Crippen molar-refractivity contribution in [2.24, 2.45) is 0 Å². The Hall–Kier alpha value is -4.78. The van der Waals surface area contributed by atoms with Crippen LogP contribution >= 0.6 is 11.3 Å². The Labute approximate surface area is 224 Å². The number of nitrogens with zero attached hydrogens (tertiary/aromatic N) is 8. The number of halogens is 2. The zero-order valence-corrected chi connectivity index (χ0v) is 21.8. The van der Waals surface area contributed by atoms with Gasteiger partial charge < -0.3 is 10.6 Å². The Kier molecular flexibility index (Phi) is 5.79. The molecule has 0 aliphatic carbocycles. The third kappa shape index (κ3) is 4.07. The van der Waals surface area contributed by atoms with Crippen molar-refractivity contribution in [3.8, 4) is 21.7 Å². The fourth-order valence-electron chi connectivity index (χ4n) is 4.48. The number of anilines is 2. The van der Waals surface area contributed by atoms with Gasteiger partial charge in [-0.05, 0) is 36.8 Å². The fourth-order valence-corrected chi connectivity index (χ4v) is 5.31. The number of nitrogen functional groups attached to an aromatic ring is 1. The van der Waals surface area contributed by atoms with Crippen LogP contribution < -0.4 is 16.2 Å². The molecule has 196 valence electrons. The van der Waals surface area contributed by atoms with Gasteiger partial charge in [-0.15, -0.1) is 0 Å². The van der Waals surface area contributed by atoms with E-state index in [1.165, 1.54) is 48.0 Å². The van der Waals surface area contributed by atoms with Gasteiger partial charge >= 0.3 is 0 Å². The number of rotatable bonds is 5. The van der Waals surface area contributed by atoms with E-state index in [1.807, 2.05) is 19.0 Å². The average Bonchev–Trinajstić information content (AvgIpc) is 3.55. The molecular weight excluding hydrogens is 524 g/mol. The van der Waals surface area contributed by atoms with E-state index in [2.05, 4.69) is 15.0 Å². The first-order chi connectivity index (χ1) is 18.7. The minimum absolute atomic E-state index is 0.116. The Morgan fingerprint density at radius 1 is 1.08 bits per heavy atom. The lowest BCUT2D eigenvalue weighted by Gasteiger charge is -2.18. The number of nitrogens with two attached hydrogens (primary N) is 1. The van der Waals surface area contributed by atoms with Gasteiger partial charge in [0.15, 0.2) is 10.8 Å².